The number of carbonyl (C=O) groups is 2. The highest BCUT2D eigenvalue weighted by molar-refractivity contribution is 5.78. The van der Waals surface area contributed by atoms with Crippen molar-refractivity contribution >= 4 is 11.9 Å². The number of carbonyl (C=O) groups excluding carboxylic acids is 1. The Balaban J connectivity index is 1.82. The van der Waals surface area contributed by atoms with Gasteiger partial charge in [-0.3, -0.25) is 9.59 Å². The van der Waals surface area contributed by atoms with Crippen LogP contribution in [0.2, 0.25) is 0 Å². The molecule has 2 fully saturated rings. The maximum atomic E-state index is 12.2. The Labute approximate surface area is 107 Å². The van der Waals surface area contributed by atoms with Gasteiger partial charge < -0.3 is 15.7 Å². The summed E-state index contributed by atoms with van der Waals surface area (Å²) in [5, 5.41) is 8.91. The van der Waals surface area contributed by atoms with Gasteiger partial charge in [0.25, 0.3) is 0 Å². The van der Waals surface area contributed by atoms with E-state index in [1.54, 1.807) is 0 Å². The van der Waals surface area contributed by atoms with Crippen LogP contribution in [0.4, 0.5) is 0 Å². The van der Waals surface area contributed by atoms with Gasteiger partial charge in [-0.05, 0) is 37.6 Å². The minimum atomic E-state index is -0.737. The summed E-state index contributed by atoms with van der Waals surface area (Å²) in [6, 6.07) is 0. The predicted octanol–water partition coefficient (Wildman–Crippen LogP) is 0.829. The van der Waals surface area contributed by atoms with E-state index in [0.29, 0.717) is 38.9 Å². The van der Waals surface area contributed by atoms with E-state index in [9.17, 15) is 9.59 Å². The monoisotopic (exact) mass is 254 g/mol. The van der Waals surface area contributed by atoms with E-state index < -0.39 is 5.97 Å². The number of likely N-dealkylation sites (tertiary alicyclic amines) is 1. The summed E-state index contributed by atoms with van der Waals surface area (Å²) in [6.45, 7) is 1.75. The van der Waals surface area contributed by atoms with Crippen molar-refractivity contribution in [1.82, 2.24) is 4.90 Å². The lowest BCUT2D eigenvalue weighted by molar-refractivity contribution is -0.146. The molecule has 1 amide bonds. The van der Waals surface area contributed by atoms with Gasteiger partial charge in [-0.25, -0.2) is 0 Å². The molecule has 0 spiro atoms. The number of amides is 1. The molecule has 1 aliphatic heterocycles. The van der Waals surface area contributed by atoms with E-state index in [2.05, 4.69) is 0 Å². The second-order valence-electron chi connectivity index (χ2n) is 5.73. The fourth-order valence-electron chi connectivity index (χ4n) is 2.94. The number of rotatable bonds is 4. The second-order valence-corrected chi connectivity index (χ2v) is 5.73. The molecule has 5 nitrogen and oxygen atoms in total. The zero-order chi connectivity index (χ0) is 13.2. The smallest absolute Gasteiger partial charge is 0.306 e. The molecule has 1 saturated heterocycles. The minimum Gasteiger partial charge on any atom is -0.481 e. The fourth-order valence-corrected chi connectivity index (χ4v) is 2.94. The molecule has 5 heteroatoms. The third kappa shape index (κ3) is 2.66. The summed E-state index contributed by atoms with van der Waals surface area (Å²) in [4.78, 5) is 24.8. The van der Waals surface area contributed by atoms with E-state index in [-0.39, 0.29) is 17.2 Å². The van der Waals surface area contributed by atoms with E-state index in [4.69, 9.17) is 10.8 Å². The van der Waals surface area contributed by atoms with Crippen LogP contribution in [0.5, 0.6) is 0 Å². The van der Waals surface area contributed by atoms with Gasteiger partial charge in [-0.1, -0.05) is 6.42 Å². The Bertz CT molecular complexity index is 326. The number of carboxylic acids is 1. The van der Waals surface area contributed by atoms with Crippen LogP contribution in [0.15, 0.2) is 0 Å². The SMILES string of the molecule is NCC1(CC(=O)N2CCC(C(=O)O)CC2)CCC1. The number of aliphatic carboxylic acids is 1. The lowest BCUT2D eigenvalue weighted by atomic mass is 9.66. The first-order valence-electron chi connectivity index (χ1n) is 6.77. The van der Waals surface area contributed by atoms with Crippen LogP contribution in [-0.4, -0.2) is 41.5 Å². The maximum absolute atomic E-state index is 12.2. The molecule has 2 rings (SSSR count). The molecule has 1 saturated carbocycles. The summed E-state index contributed by atoms with van der Waals surface area (Å²) in [7, 11) is 0. The molecule has 1 heterocycles. The van der Waals surface area contributed by atoms with Gasteiger partial charge in [-0.2, -0.15) is 0 Å². The molecule has 0 atom stereocenters. The topological polar surface area (TPSA) is 83.6 Å². The molecule has 0 aromatic rings. The van der Waals surface area contributed by atoms with Crippen LogP contribution in [0.3, 0.4) is 0 Å². The summed E-state index contributed by atoms with van der Waals surface area (Å²) in [5.74, 6) is -0.857. The lowest BCUT2D eigenvalue weighted by Gasteiger charge is -2.42. The molecule has 2 aliphatic rings. The van der Waals surface area contributed by atoms with Crippen LogP contribution >= 0.6 is 0 Å². The Morgan fingerprint density at radius 3 is 2.28 bits per heavy atom. The summed E-state index contributed by atoms with van der Waals surface area (Å²) < 4.78 is 0. The van der Waals surface area contributed by atoms with Gasteiger partial charge >= 0.3 is 5.97 Å². The van der Waals surface area contributed by atoms with Crippen molar-refractivity contribution < 1.29 is 14.7 Å². The van der Waals surface area contributed by atoms with Crippen molar-refractivity contribution in [3.8, 4) is 0 Å². The van der Waals surface area contributed by atoms with Crippen molar-refractivity contribution in [2.24, 2.45) is 17.1 Å². The number of piperidine rings is 1. The highest BCUT2D eigenvalue weighted by atomic mass is 16.4. The van der Waals surface area contributed by atoms with Crippen molar-refractivity contribution in [3.63, 3.8) is 0 Å². The number of hydrogen-bond donors (Lipinski definition) is 2. The summed E-state index contributed by atoms with van der Waals surface area (Å²) in [6.07, 6.45) is 4.99. The number of nitrogens with two attached hydrogens (primary N) is 1. The van der Waals surface area contributed by atoms with Crippen LogP contribution in [0.25, 0.3) is 0 Å². The zero-order valence-electron chi connectivity index (χ0n) is 10.7. The zero-order valence-corrected chi connectivity index (χ0v) is 10.7. The van der Waals surface area contributed by atoms with E-state index in [0.717, 1.165) is 12.8 Å². The fraction of sp³-hybridized carbons (Fsp3) is 0.846. The molecule has 0 bridgehead atoms. The van der Waals surface area contributed by atoms with Crippen LogP contribution in [-0.2, 0) is 9.59 Å². The molecule has 3 N–H and O–H groups in total. The quantitative estimate of drug-likeness (QED) is 0.778. The van der Waals surface area contributed by atoms with E-state index in [1.165, 1.54) is 6.42 Å². The van der Waals surface area contributed by atoms with Gasteiger partial charge in [0.15, 0.2) is 0 Å². The number of carboxylic acid groups (broad SMARTS) is 1. The molecule has 18 heavy (non-hydrogen) atoms. The first-order chi connectivity index (χ1) is 8.56. The standard InChI is InChI=1S/C13H22N2O3/c14-9-13(4-1-5-13)8-11(16)15-6-2-10(3-7-15)12(17)18/h10H,1-9,14H2,(H,17,18). The first kappa shape index (κ1) is 13.3. The van der Waals surface area contributed by atoms with E-state index >= 15 is 0 Å². The Hall–Kier alpha value is -1.10. The van der Waals surface area contributed by atoms with Crippen molar-refractivity contribution in [1.29, 1.82) is 0 Å². The number of nitrogens with zero attached hydrogens (tertiary/aromatic N) is 1. The molecule has 102 valence electrons. The third-order valence-corrected chi connectivity index (χ3v) is 4.57. The molecule has 0 unspecified atom stereocenters. The highest BCUT2D eigenvalue weighted by Crippen LogP contribution is 2.43. The molecule has 0 radical (unpaired) electrons. The molecule has 1 aliphatic carbocycles. The van der Waals surface area contributed by atoms with Crippen molar-refractivity contribution in [3.05, 3.63) is 0 Å². The number of hydrogen-bond acceptors (Lipinski definition) is 3. The first-order valence-corrected chi connectivity index (χ1v) is 6.77. The van der Waals surface area contributed by atoms with Gasteiger partial charge in [0.1, 0.15) is 0 Å². The van der Waals surface area contributed by atoms with Gasteiger partial charge in [0.2, 0.25) is 5.91 Å². The third-order valence-electron chi connectivity index (χ3n) is 4.57. The molecule has 0 aromatic carbocycles. The predicted molar refractivity (Wildman–Crippen MR) is 66.9 cm³/mol. The van der Waals surface area contributed by atoms with Crippen LogP contribution in [0.1, 0.15) is 38.5 Å². The van der Waals surface area contributed by atoms with Crippen LogP contribution in [0, 0.1) is 11.3 Å². The van der Waals surface area contributed by atoms with E-state index in [1.807, 2.05) is 4.90 Å². The maximum Gasteiger partial charge on any atom is 0.306 e. The normalized spacial score (nSPS) is 23.5. The molecule has 0 aromatic heterocycles. The average Bonchev–Trinajstić information content (AvgIpc) is 2.33. The van der Waals surface area contributed by atoms with Crippen molar-refractivity contribution in [2.45, 2.75) is 38.5 Å². The largest absolute Gasteiger partial charge is 0.481 e. The average molecular weight is 254 g/mol. The van der Waals surface area contributed by atoms with Crippen LogP contribution < -0.4 is 5.73 Å². The molecular weight excluding hydrogens is 232 g/mol. The van der Waals surface area contributed by atoms with Gasteiger partial charge in [0.05, 0.1) is 5.92 Å². The summed E-state index contributed by atoms with van der Waals surface area (Å²) in [5.41, 5.74) is 5.80. The minimum absolute atomic E-state index is 0.0424. The molecular formula is C13H22N2O3. The Kier molecular flexibility index (Phi) is 3.90. The lowest BCUT2D eigenvalue weighted by Crippen LogP contribution is -2.46. The van der Waals surface area contributed by atoms with Gasteiger partial charge in [-0.15, -0.1) is 0 Å². The highest BCUT2D eigenvalue weighted by Gasteiger charge is 2.39. The van der Waals surface area contributed by atoms with Crippen molar-refractivity contribution in [2.75, 3.05) is 19.6 Å². The second kappa shape index (κ2) is 5.26. The summed E-state index contributed by atoms with van der Waals surface area (Å²) >= 11 is 0. The van der Waals surface area contributed by atoms with Gasteiger partial charge in [0, 0.05) is 19.5 Å². The Morgan fingerprint density at radius 2 is 1.89 bits per heavy atom. The Morgan fingerprint density at radius 1 is 1.28 bits per heavy atom.